The van der Waals surface area contributed by atoms with Gasteiger partial charge in [-0.25, -0.2) is 18.0 Å². The largest absolute Gasteiger partial charge is 0.505 e. The van der Waals surface area contributed by atoms with Crippen molar-refractivity contribution in [1.82, 2.24) is 9.88 Å². The molecule has 3 aromatic rings. The molecule has 2 aromatic carbocycles. The molecule has 0 saturated carbocycles. The Morgan fingerprint density at radius 2 is 1.83 bits per heavy atom. The van der Waals surface area contributed by atoms with Crippen LogP contribution in [0.4, 0.5) is 23.7 Å². The molecule has 11 heteroatoms. The number of esters is 1. The van der Waals surface area contributed by atoms with E-state index in [1.807, 2.05) is 0 Å². The fraction of sp³-hybridized carbons (Fsp3) is 0.208. The van der Waals surface area contributed by atoms with Gasteiger partial charge in [-0.15, -0.1) is 0 Å². The fourth-order valence-electron chi connectivity index (χ4n) is 3.37. The Bertz CT molecular complexity index is 1330. The van der Waals surface area contributed by atoms with Gasteiger partial charge in [0.05, 0.1) is 19.1 Å². The van der Waals surface area contributed by atoms with Gasteiger partial charge in [-0.3, -0.25) is 9.59 Å². The van der Waals surface area contributed by atoms with Crippen LogP contribution in [0.25, 0.3) is 11.1 Å². The number of ether oxygens (including phenoxy) is 1. The number of anilines is 1. The number of carbonyl (C=O) groups excluding carboxylic acids is 2. The van der Waals surface area contributed by atoms with Crippen molar-refractivity contribution in [2.45, 2.75) is 19.4 Å². The Morgan fingerprint density at radius 1 is 1.09 bits per heavy atom. The fourth-order valence-corrected chi connectivity index (χ4v) is 3.37. The number of pyridine rings is 1. The van der Waals surface area contributed by atoms with Crippen LogP contribution in [0.3, 0.4) is 0 Å². The molecule has 0 radical (unpaired) electrons. The number of carbonyl (C=O) groups is 2. The van der Waals surface area contributed by atoms with Gasteiger partial charge < -0.3 is 25.0 Å². The number of benzene rings is 2. The summed E-state index contributed by atoms with van der Waals surface area (Å²) in [6.45, 7) is 1.61. The average molecular weight is 489 g/mol. The third-order valence-electron chi connectivity index (χ3n) is 5.08. The van der Waals surface area contributed by atoms with E-state index in [2.05, 4.69) is 10.6 Å². The van der Waals surface area contributed by atoms with Crippen LogP contribution < -0.4 is 16.2 Å². The summed E-state index contributed by atoms with van der Waals surface area (Å²) in [4.78, 5) is 37.0. The third-order valence-corrected chi connectivity index (χ3v) is 5.08. The first-order valence-electron chi connectivity index (χ1n) is 10.5. The van der Waals surface area contributed by atoms with Gasteiger partial charge in [0.25, 0.3) is 5.56 Å². The van der Waals surface area contributed by atoms with Crippen molar-refractivity contribution in [3.05, 3.63) is 82.0 Å². The van der Waals surface area contributed by atoms with Gasteiger partial charge in [0.1, 0.15) is 23.2 Å². The number of hydrogen-bond donors (Lipinski definition) is 3. The van der Waals surface area contributed by atoms with E-state index in [-0.39, 0.29) is 23.3 Å². The zero-order valence-corrected chi connectivity index (χ0v) is 18.8. The number of rotatable bonds is 7. The number of nitrogens with one attached hydrogen (secondary N) is 2. The molecule has 3 rings (SSSR count). The standard InChI is InChI=1S/C24H22F3N3O5/c1-3-35-21(32)12-19(28-24(34)29-22-20(31)8-9-30(2)23(22)33)16-10-13(4-7-17(16)26)15-6-5-14(25)11-18(15)27/h4-11,19,31H,3,12H2,1-2H3,(H2,28,29,34)/t19-/m0/s1. The first kappa shape index (κ1) is 25.3. The minimum absolute atomic E-state index is 0.0234. The van der Waals surface area contributed by atoms with Crippen molar-refractivity contribution < 1.29 is 32.6 Å². The van der Waals surface area contributed by atoms with E-state index in [9.17, 15) is 32.7 Å². The molecule has 0 aliphatic carbocycles. The summed E-state index contributed by atoms with van der Waals surface area (Å²) >= 11 is 0. The Balaban J connectivity index is 1.97. The molecule has 1 atom stereocenters. The molecule has 184 valence electrons. The van der Waals surface area contributed by atoms with Crippen molar-refractivity contribution >= 4 is 17.7 Å². The lowest BCUT2D eigenvalue weighted by atomic mass is 9.97. The van der Waals surface area contributed by atoms with Crippen LogP contribution in [0.15, 0.2) is 53.5 Å². The molecule has 1 heterocycles. The van der Waals surface area contributed by atoms with E-state index in [1.54, 1.807) is 6.92 Å². The number of aryl methyl sites for hydroxylation is 1. The Labute approximate surface area is 198 Å². The molecule has 0 bridgehead atoms. The predicted octanol–water partition coefficient (Wildman–Crippen LogP) is 3.99. The van der Waals surface area contributed by atoms with E-state index in [4.69, 9.17) is 4.74 Å². The summed E-state index contributed by atoms with van der Waals surface area (Å²) in [5, 5.41) is 14.5. The van der Waals surface area contributed by atoms with Gasteiger partial charge in [-0.1, -0.05) is 6.07 Å². The second-order valence-corrected chi connectivity index (χ2v) is 7.51. The molecule has 3 N–H and O–H groups in total. The zero-order valence-electron chi connectivity index (χ0n) is 18.8. The quantitative estimate of drug-likeness (QED) is 0.435. The molecular weight excluding hydrogens is 467 g/mol. The molecule has 0 unspecified atom stereocenters. The van der Waals surface area contributed by atoms with Crippen molar-refractivity contribution in [1.29, 1.82) is 0 Å². The lowest BCUT2D eigenvalue weighted by Gasteiger charge is -2.20. The van der Waals surface area contributed by atoms with Crippen molar-refractivity contribution in [2.75, 3.05) is 11.9 Å². The third kappa shape index (κ3) is 5.99. The minimum Gasteiger partial charge on any atom is -0.505 e. The van der Waals surface area contributed by atoms with Crippen LogP contribution >= 0.6 is 0 Å². The monoisotopic (exact) mass is 489 g/mol. The Hall–Kier alpha value is -4.28. The van der Waals surface area contributed by atoms with Crippen LogP contribution in [-0.4, -0.2) is 28.3 Å². The molecule has 0 saturated heterocycles. The summed E-state index contributed by atoms with van der Waals surface area (Å²) in [5.41, 5.74) is -1.17. The molecule has 0 fully saturated rings. The van der Waals surface area contributed by atoms with Gasteiger partial charge in [0.2, 0.25) is 0 Å². The number of aromatic nitrogens is 1. The first-order chi connectivity index (χ1) is 16.6. The molecular formula is C24H22F3N3O5. The summed E-state index contributed by atoms with van der Waals surface area (Å²) < 4.78 is 48.5. The highest BCUT2D eigenvalue weighted by Gasteiger charge is 2.24. The zero-order chi connectivity index (χ0) is 25.7. The summed E-state index contributed by atoms with van der Waals surface area (Å²) in [7, 11) is 1.41. The highest BCUT2D eigenvalue weighted by atomic mass is 19.1. The molecule has 2 amide bonds. The van der Waals surface area contributed by atoms with E-state index in [0.29, 0.717) is 6.07 Å². The highest BCUT2D eigenvalue weighted by Crippen LogP contribution is 2.29. The molecule has 0 spiro atoms. The number of aromatic hydroxyl groups is 1. The topological polar surface area (TPSA) is 110 Å². The smallest absolute Gasteiger partial charge is 0.319 e. The molecule has 8 nitrogen and oxygen atoms in total. The number of amides is 2. The minimum atomic E-state index is -1.30. The van der Waals surface area contributed by atoms with Crippen LogP contribution in [0.5, 0.6) is 5.75 Å². The Morgan fingerprint density at radius 3 is 2.51 bits per heavy atom. The maximum Gasteiger partial charge on any atom is 0.319 e. The average Bonchev–Trinajstić information content (AvgIpc) is 2.79. The number of nitrogens with zero attached hydrogens (tertiary/aromatic N) is 1. The predicted molar refractivity (Wildman–Crippen MR) is 121 cm³/mol. The maximum atomic E-state index is 14.8. The van der Waals surface area contributed by atoms with E-state index in [0.717, 1.165) is 16.7 Å². The van der Waals surface area contributed by atoms with Gasteiger partial charge in [-0.05, 0) is 42.8 Å². The van der Waals surface area contributed by atoms with Gasteiger partial charge in [0.15, 0.2) is 5.69 Å². The van der Waals surface area contributed by atoms with Gasteiger partial charge in [-0.2, -0.15) is 0 Å². The second kappa shape index (κ2) is 10.8. The van der Waals surface area contributed by atoms with Gasteiger partial charge in [0, 0.05) is 30.4 Å². The van der Waals surface area contributed by atoms with Crippen LogP contribution in [-0.2, 0) is 16.6 Å². The van der Waals surface area contributed by atoms with Crippen molar-refractivity contribution in [3.8, 4) is 16.9 Å². The van der Waals surface area contributed by atoms with Crippen LogP contribution in [0.1, 0.15) is 24.9 Å². The van der Waals surface area contributed by atoms with E-state index >= 15 is 0 Å². The molecule has 1 aromatic heterocycles. The van der Waals surface area contributed by atoms with Crippen LogP contribution in [0.2, 0.25) is 0 Å². The van der Waals surface area contributed by atoms with E-state index < -0.39 is 58.9 Å². The van der Waals surface area contributed by atoms with E-state index in [1.165, 1.54) is 37.5 Å². The maximum absolute atomic E-state index is 14.8. The highest BCUT2D eigenvalue weighted by molar-refractivity contribution is 5.91. The molecule has 35 heavy (non-hydrogen) atoms. The van der Waals surface area contributed by atoms with Gasteiger partial charge >= 0.3 is 12.0 Å². The summed E-state index contributed by atoms with van der Waals surface area (Å²) in [6.07, 6.45) is 0.798. The summed E-state index contributed by atoms with van der Waals surface area (Å²) in [5.74, 6) is -3.74. The molecule has 0 aliphatic rings. The van der Waals surface area contributed by atoms with Crippen LogP contribution in [0, 0.1) is 17.5 Å². The number of urea groups is 1. The number of hydrogen-bond acceptors (Lipinski definition) is 5. The lowest BCUT2D eigenvalue weighted by Crippen LogP contribution is -2.36. The SMILES string of the molecule is CCOC(=O)C[C@H](NC(=O)Nc1c(O)ccn(C)c1=O)c1cc(-c2ccc(F)cc2F)ccc1F. The Kier molecular flexibility index (Phi) is 7.80. The lowest BCUT2D eigenvalue weighted by molar-refractivity contribution is -0.143. The van der Waals surface area contributed by atoms with Crippen molar-refractivity contribution in [2.24, 2.45) is 7.05 Å². The normalized spacial score (nSPS) is 11.6. The first-order valence-corrected chi connectivity index (χ1v) is 10.5. The molecule has 0 aliphatic heterocycles. The summed E-state index contributed by atoms with van der Waals surface area (Å²) in [6, 6.07) is 5.26. The second-order valence-electron chi connectivity index (χ2n) is 7.51. The van der Waals surface area contributed by atoms with Crippen molar-refractivity contribution in [3.63, 3.8) is 0 Å². The number of halogens is 3.